The lowest BCUT2D eigenvalue weighted by atomic mass is 9.95. The van der Waals surface area contributed by atoms with Crippen molar-refractivity contribution in [3.8, 4) is 0 Å². The second-order valence-corrected chi connectivity index (χ2v) is 19.6. The topological polar surface area (TPSA) is 168 Å². The van der Waals surface area contributed by atoms with Crippen LogP contribution in [0, 0.1) is 11.8 Å². The molecule has 2 saturated carbocycles. The van der Waals surface area contributed by atoms with E-state index in [2.05, 4.69) is 10.0 Å². The molecule has 7 rings (SSSR count). The summed E-state index contributed by atoms with van der Waals surface area (Å²) in [5.74, 6) is -3.71. The zero-order valence-electron chi connectivity index (χ0n) is 33.0. The smallest absolute Gasteiger partial charge is 0.410 e. The van der Waals surface area contributed by atoms with E-state index < -0.39 is 79.7 Å². The highest BCUT2D eigenvalue weighted by Gasteiger charge is 2.64. The van der Waals surface area contributed by atoms with Crippen molar-refractivity contribution in [1.82, 2.24) is 19.8 Å². The first-order valence-corrected chi connectivity index (χ1v) is 21.7. The van der Waals surface area contributed by atoms with Gasteiger partial charge < -0.3 is 19.7 Å². The third-order valence-corrected chi connectivity index (χ3v) is 14.1. The predicted molar refractivity (Wildman–Crippen MR) is 210 cm³/mol. The van der Waals surface area contributed by atoms with Crippen LogP contribution in [0.25, 0.3) is 0 Å². The first-order valence-electron chi connectivity index (χ1n) is 20.2. The van der Waals surface area contributed by atoms with Gasteiger partial charge in [0.05, 0.1) is 17.7 Å². The third kappa shape index (κ3) is 9.05. The summed E-state index contributed by atoms with van der Waals surface area (Å²) in [7, 11) is -4.14. The van der Waals surface area contributed by atoms with Crippen LogP contribution in [0.2, 0.25) is 0 Å². The van der Waals surface area contributed by atoms with Gasteiger partial charge in [-0.2, -0.15) is 0 Å². The van der Waals surface area contributed by atoms with Gasteiger partial charge in [-0.05, 0) is 82.4 Å². The molecule has 2 aliphatic carbocycles. The highest BCUT2D eigenvalue weighted by Crippen LogP contribution is 2.49. The minimum absolute atomic E-state index is 0.0417. The standard InChI is InChI=1S/C43H54N4O9S/c1-41(2,3)56-36(48)22-30-16-10-5-4-6-11-19-33-25-43(33,39(51)45-57(53,54)42(20-21-42)24-29-14-8-7-9-15-29)44-37(49)35-23-34(28-47(35)38(30)50)55-40(52)46-26-31-17-12-13-18-32(31)27-46/h7-9,11-15,17-19,30,33-35H,4-6,10,16,20-28H2,1-3H3,(H,44,49)(H,45,51)/b19-11-/t30-,33-,34-,35+,43-/m1/s1. The number of carbonyl (C=O) groups excluding carboxylic acids is 5. The molecule has 0 radical (unpaired) electrons. The van der Waals surface area contributed by atoms with Crippen molar-refractivity contribution in [3.63, 3.8) is 0 Å². The third-order valence-electron chi connectivity index (χ3n) is 11.9. The lowest BCUT2D eigenvalue weighted by Crippen LogP contribution is -2.57. The molecule has 3 aliphatic heterocycles. The number of ether oxygens (including phenoxy) is 2. The van der Waals surface area contributed by atoms with E-state index in [-0.39, 0.29) is 32.2 Å². The number of hydrogen-bond donors (Lipinski definition) is 2. The molecule has 306 valence electrons. The molecule has 2 aromatic carbocycles. The maximum absolute atomic E-state index is 14.5. The number of amides is 4. The van der Waals surface area contributed by atoms with Crippen molar-refractivity contribution in [1.29, 1.82) is 0 Å². The van der Waals surface area contributed by atoms with Crippen molar-refractivity contribution in [2.24, 2.45) is 11.8 Å². The van der Waals surface area contributed by atoms with Gasteiger partial charge in [0.25, 0.3) is 5.91 Å². The van der Waals surface area contributed by atoms with Gasteiger partial charge in [0.15, 0.2) is 0 Å². The Kier molecular flexibility index (Phi) is 11.3. The molecule has 2 N–H and O–H groups in total. The second kappa shape index (κ2) is 15.9. The minimum atomic E-state index is -4.14. The molecule has 4 amide bonds. The Labute approximate surface area is 334 Å². The SMILES string of the molecule is CC(C)(C)OC(=O)C[C@H]1CCCCC/C=C\[C@@H]2C[C@@]2(C(=O)NS(=O)(=O)C2(Cc3ccccc3)CC2)NC(=O)[C@@H]2C[C@@H](OC(=O)N3Cc4ccccc4C3)CN2C1=O. The maximum atomic E-state index is 14.5. The monoisotopic (exact) mass is 802 g/mol. The predicted octanol–water partition coefficient (Wildman–Crippen LogP) is 5.07. The first-order chi connectivity index (χ1) is 27.1. The molecular weight excluding hydrogens is 749 g/mol. The Balaban J connectivity index is 1.13. The van der Waals surface area contributed by atoms with E-state index in [4.69, 9.17) is 9.47 Å². The Bertz CT molecular complexity index is 2000. The summed E-state index contributed by atoms with van der Waals surface area (Å²) in [5.41, 5.74) is 0.546. The molecule has 2 aromatic rings. The van der Waals surface area contributed by atoms with E-state index in [0.717, 1.165) is 29.5 Å². The number of sulfonamides is 1. The van der Waals surface area contributed by atoms with Crippen molar-refractivity contribution < 1.29 is 41.9 Å². The average molecular weight is 803 g/mol. The molecule has 1 saturated heterocycles. The summed E-state index contributed by atoms with van der Waals surface area (Å²) < 4.78 is 40.5. The quantitative estimate of drug-likeness (QED) is 0.274. The summed E-state index contributed by atoms with van der Waals surface area (Å²) in [4.78, 5) is 72.7. The van der Waals surface area contributed by atoms with Crippen LogP contribution in [0.5, 0.6) is 0 Å². The van der Waals surface area contributed by atoms with E-state index in [1.807, 2.05) is 66.7 Å². The average Bonchev–Trinajstić information content (AvgIpc) is 3.97. The van der Waals surface area contributed by atoms with Crippen LogP contribution in [-0.2, 0) is 58.2 Å². The minimum Gasteiger partial charge on any atom is -0.460 e. The van der Waals surface area contributed by atoms with Gasteiger partial charge in [-0.1, -0.05) is 79.6 Å². The van der Waals surface area contributed by atoms with Crippen LogP contribution in [0.1, 0.15) is 102 Å². The second-order valence-electron chi connectivity index (χ2n) is 17.5. The largest absolute Gasteiger partial charge is 0.460 e. The normalized spacial score (nSPS) is 27.7. The van der Waals surface area contributed by atoms with Gasteiger partial charge in [-0.3, -0.25) is 28.8 Å². The van der Waals surface area contributed by atoms with Crippen LogP contribution in [-0.4, -0.2) is 82.6 Å². The molecule has 5 aliphatic rings. The maximum Gasteiger partial charge on any atom is 0.410 e. The van der Waals surface area contributed by atoms with Gasteiger partial charge in [0.1, 0.15) is 23.3 Å². The number of allylic oxidation sites excluding steroid dienone is 1. The number of nitrogens with one attached hydrogen (secondary N) is 2. The van der Waals surface area contributed by atoms with Gasteiger partial charge >= 0.3 is 12.1 Å². The van der Waals surface area contributed by atoms with E-state index in [9.17, 15) is 32.4 Å². The zero-order chi connectivity index (χ0) is 40.6. The van der Waals surface area contributed by atoms with E-state index in [1.54, 1.807) is 25.7 Å². The Morgan fingerprint density at radius 2 is 1.63 bits per heavy atom. The Hall–Kier alpha value is -4.72. The summed E-state index contributed by atoms with van der Waals surface area (Å²) in [5, 5.41) is 2.90. The number of benzene rings is 2. The lowest BCUT2D eigenvalue weighted by molar-refractivity contribution is -0.159. The molecule has 14 heteroatoms. The molecule has 13 nitrogen and oxygen atoms in total. The van der Waals surface area contributed by atoms with Crippen LogP contribution in [0.3, 0.4) is 0 Å². The molecule has 5 atom stereocenters. The Morgan fingerprint density at radius 3 is 2.30 bits per heavy atom. The molecule has 3 heterocycles. The number of carbonyl (C=O) groups is 5. The van der Waals surface area contributed by atoms with Crippen LogP contribution in [0.15, 0.2) is 66.7 Å². The number of hydrogen-bond acceptors (Lipinski definition) is 9. The fourth-order valence-electron chi connectivity index (χ4n) is 8.53. The molecule has 0 bridgehead atoms. The zero-order valence-corrected chi connectivity index (χ0v) is 33.9. The van der Waals surface area contributed by atoms with Crippen molar-refractivity contribution in [2.75, 3.05) is 6.54 Å². The van der Waals surface area contributed by atoms with E-state index in [1.165, 1.54) is 4.90 Å². The van der Waals surface area contributed by atoms with E-state index >= 15 is 0 Å². The van der Waals surface area contributed by atoms with Crippen molar-refractivity contribution in [3.05, 3.63) is 83.4 Å². The molecular formula is C43H54N4O9S. The highest BCUT2D eigenvalue weighted by atomic mass is 32.2. The fourth-order valence-corrected chi connectivity index (χ4v) is 10.2. The molecule has 3 fully saturated rings. The fraction of sp³-hybridized carbons (Fsp3) is 0.558. The number of nitrogens with zero attached hydrogens (tertiary/aromatic N) is 2. The summed E-state index contributed by atoms with van der Waals surface area (Å²) in [6.07, 6.45) is 6.71. The van der Waals surface area contributed by atoms with Gasteiger partial charge in [0.2, 0.25) is 21.8 Å². The number of esters is 1. The van der Waals surface area contributed by atoms with E-state index in [0.29, 0.717) is 45.2 Å². The van der Waals surface area contributed by atoms with Crippen molar-refractivity contribution in [2.45, 2.75) is 133 Å². The van der Waals surface area contributed by atoms with Crippen LogP contribution >= 0.6 is 0 Å². The highest BCUT2D eigenvalue weighted by molar-refractivity contribution is 7.91. The summed E-state index contributed by atoms with van der Waals surface area (Å²) in [6, 6.07) is 15.8. The Morgan fingerprint density at radius 1 is 0.947 bits per heavy atom. The molecule has 57 heavy (non-hydrogen) atoms. The lowest BCUT2D eigenvalue weighted by Gasteiger charge is -2.30. The summed E-state index contributed by atoms with van der Waals surface area (Å²) in [6.45, 7) is 5.92. The van der Waals surface area contributed by atoms with Gasteiger partial charge in [-0.25, -0.2) is 13.2 Å². The van der Waals surface area contributed by atoms with Gasteiger partial charge in [-0.15, -0.1) is 0 Å². The number of fused-ring (bicyclic) bond motifs is 3. The van der Waals surface area contributed by atoms with Crippen molar-refractivity contribution >= 4 is 39.8 Å². The molecule has 0 aromatic heterocycles. The summed E-state index contributed by atoms with van der Waals surface area (Å²) >= 11 is 0. The molecule has 0 unspecified atom stereocenters. The van der Waals surface area contributed by atoms with Gasteiger partial charge in [0, 0.05) is 31.3 Å². The first kappa shape index (κ1) is 40.5. The number of rotatable bonds is 8. The molecule has 0 spiro atoms. The van der Waals surface area contributed by atoms with Crippen LogP contribution < -0.4 is 10.0 Å². The van der Waals surface area contributed by atoms with Crippen LogP contribution in [0.4, 0.5) is 4.79 Å².